The highest BCUT2D eigenvalue weighted by Gasteiger charge is 2.45. The summed E-state index contributed by atoms with van der Waals surface area (Å²) in [4.78, 5) is 9.88. The fourth-order valence-electron chi connectivity index (χ4n) is 2.66. The lowest BCUT2D eigenvalue weighted by Crippen LogP contribution is -2.56. The molecule has 112 valence electrons. The SMILES string of the molecule is CCC1(CC)CN(c2ncnc(N)c2Cl)CCS1(=O)=O. The normalized spacial score (nSPS) is 20.9. The van der Waals surface area contributed by atoms with Gasteiger partial charge in [-0.3, -0.25) is 0 Å². The molecule has 0 bridgehead atoms. The van der Waals surface area contributed by atoms with E-state index >= 15 is 0 Å². The van der Waals surface area contributed by atoms with Gasteiger partial charge in [0, 0.05) is 13.1 Å². The Morgan fingerprint density at radius 1 is 1.40 bits per heavy atom. The van der Waals surface area contributed by atoms with Gasteiger partial charge in [0.1, 0.15) is 17.2 Å². The minimum absolute atomic E-state index is 0.106. The second kappa shape index (κ2) is 5.37. The van der Waals surface area contributed by atoms with Gasteiger partial charge in [-0.1, -0.05) is 25.4 Å². The highest BCUT2D eigenvalue weighted by molar-refractivity contribution is 7.92. The van der Waals surface area contributed by atoms with Gasteiger partial charge in [0.05, 0.1) is 10.5 Å². The molecule has 0 atom stereocenters. The number of hydrogen-bond acceptors (Lipinski definition) is 6. The van der Waals surface area contributed by atoms with Gasteiger partial charge in [-0.05, 0) is 12.8 Å². The van der Waals surface area contributed by atoms with E-state index in [0.717, 1.165) is 0 Å². The van der Waals surface area contributed by atoms with Crippen LogP contribution >= 0.6 is 11.6 Å². The number of aromatic nitrogens is 2. The van der Waals surface area contributed by atoms with Crippen molar-refractivity contribution in [2.75, 3.05) is 29.5 Å². The molecule has 2 heterocycles. The zero-order valence-electron chi connectivity index (χ0n) is 11.6. The number of rotatable bonds is 3. The molecule has 2 N–H and O–H groups in total. The van der Waals surface area contributed by atoms with Crippen molar-refractivity contribution in [3.8, 4) is 0 Å². The third-order valence-corrected chi connectivity index (χ3v) is 7.26. The number of halogens is 1. The molecule has 1 aromatic heterocycles. The standard InChI is InChI=1S/C12H19ClN4O2S/c1-3-12(4-2)7-17(5-6-20(12,18)19)11-9(13)10(14)15-8-16-11/h8H,3-7H2,1-2H3,(H2,14,15,16). The van der Waals surface area contributed by atoms with Crippen LogP contribution in [0.25, 0.3) is 0 Å². The Kier molecular flexibility index (Phi) is 4.11. The summed E-state index contributed by atoms with van der Waals surface area (Å²) >= 11 is 6.14. The van der Waals surface area contributed by atoms with Crippen LogP contribution < -0.4 is 10.6 Å². The fraction of sp³-hybridized carbons (Fsp3) is 0.667. The number of hydrogen-bond donors (Lipinski definition) is 1. The van der Waals surface area contributed by atoms with Gasteiger partial charge in [0.15, 0.2) is 15.7 Å². The van der Waals surface area contributed by atoms with Crippen LogP contribution in [0.15, 0.2) is 6.33 Å². The van der Waals surface area contributed by atoms with Crippen LogP contribution in [0.2, 0.25) is 5.02 Å². The molecule has 1 fully saturated rings. The maximum Gasteiger partial charge on any atom is 0.159 e. The lowest BCUT2D eigenvalue weighted by Gasteiger charge is -2.42. The predicted octanol–water partition coefficient (Wildman–Crippen LogP) is 1.51. The topological polar surface area (TPSA) is 89.2 Å². The summed E-state index contributed by atoms with van der Waals surface area (Å²) in [5.41, 5.74) is 5.69. The van der Waals surface area contributed by atoms with Crippen molar-refractivity contribution in [1.82, 2.24) is 9.97 Å². The van der Waals surface area contributed by atoms with Crippen LogP contribution in [0.5, 0.6) is 0 Å². The van der Waals surface area contributed by atoms with Crippen LogP contribution in [0.3, 0.4) is 0 Å². The molecule has 0 aliphatic carbocycles. The van der Waals surface area contributed by atoms with Gasteiger partial charge in [-0.15, -0.1) is 0 Å². The molecule has 1 aromatic rings. The van der Waals surface area contributed by atoms with Crippen molar-refractivity contribution in [1.29, 1.82) is 0 Å². The van der Waals surface area contributed by atoms with E-state index in [1.54, 1.807) is 0 Å². The van der Waals surface area contributed by atoms with Crippen LogP contribution in [-0.2, 0) is 9.84 Å². The molecule has 1 aliphatic heterocycles. The molecule has 1 aliphatic rings. The summed E-state index contributed by atoms with van der Waals surface area (Å²) < 4.78 is 24.0. The van der Waals surface area contributed by atoms with E-state index in [2.05, 4.69) is 9.97 Å². The molecule has 0 spiro atoms. The summed E-state index contributed by atoms with van der Waals surface area (Å²) in [6, 6.07) is 0. The Morgan fingerprint density at radius 2 is 2.05 bits per heavy atom. The Hall–Kier alpha value is -1.08. The van der Waals surface area contributed by atoms with E-state index in [4.69, 9.17) is 17.3 Å². The van der Waals surface area contributed by atoms with Crippen LogP contribution in [0.1, 0.15) is 26.7 Å². The Bertz CT molecular complexity index is 601. The first kappa shape index (κ1) is 15.3. The molecule has 0 unspecified atom stereocenters. The van der Waals surface area contributed by atoms with Gasteiger partial charge in [0.2, 0.25) is 0 Å². The predicted molar refractivity (Wildman–Crippen MR) is 80.8 cm³/mol. The molecular formula is C12H19ClN4O2S. The van der Waals surface area contributed by atoms with Gasteiger partial charge in [0.25, 0.3) is 0 Å². The van der Waals surface area contributed by atoms with E-state index in [1.807, 2.05) is 18.7 Å². The Labute approximate surface area is 124 Å². The zero-order valence-corrected chi connectivity index (χ0v) is 13.2. The maximum absolute atomic E-state index is 12.4. The van der Waals surface area contributed by atoms with Crippen molar-refractivity contribution in [3.05, 3.63) is 11.3 Å². The molecule has 0 radical (unpaired) electrons. The molecule has 20 heavy (non-hydrogen) atoms. The number of nitrogens with two attached hydrogens (primary N) is 1. The van der Waals surface area contributed by atoms with E-state index in [-0.39, 0.29) is 16.6 Å². The lowest BCUT2D eigenvalue weighted by molar-refractivity contribution is 0.457. The molecule has 0 amide bonds. The summed E-state index contributed by atoms with van der Waals surface area (Å²) in [6.07, 6.45) is 2.49. The van der Waals surface area contributed by atoms with Crippen LogP contribution in [-0.4, -0.2) is 42.0 Å². The fourth-order valence-corrected chi connectivity index (χ4v) is 5.00. The van der Waals surface area contributed by atoms with Crippen LogP contribution in [0, 0.1) is 0 Å². The highest BCUT2D eigenvalue weighted by Crippen LogP contribution is 2.36. The average molecular weight is 319 g/mol. The van der Waals surface area contributed by atoms with Crippen molar-refractivity contribution in [2.45, 2.75) is 31.4 Å². The average Bonchev–Trinajstić information content (AvgIpc) is 2.42. The molecule has 6 nitrogen and oxygen atoms in total. The van der Waals surface area contributed by atoms with Gasteiger partial charge >= 0.3 is 0 Å². The summed E-state index contributed by atoms with van der Waals surface area (Å²) in [6.45, 7) is 4.57. The summed E-state index contributed by atoms with van der Waals surface area (Å²) in [5, 5.41) is 0.285. The van der Waals surface area contributed by atoms with Gasteiger partial charge in [-0.2, -0.15) is 0 Å². The first-order valence-corrected chi connectivity index (χ1v) is 8.63. The first-order chi connectivity index (χ1) is 9.37. The molecular weight excluding hydrogens is 300 g/mol. The largest absolute Gasteiger partial charge is 0.382 e. The van der Waals surface area contributed by atoms with Crippen LogP contribution in [0.4, 0.5) is 11.6 Å². The van der Waals surface area contributed by atoms with Gasteiger partial charge in [-0.25, -0.2) is 18.4 Å². The second-order valence-electron chi connectivity index (χ2n) is 5.03. The van der Waals surface area contributed by atoms with E-state index in [1.165, 1.54) is 6.33 Å². The third kappa shape index (κ3) is 2.33. The Balaban J connectivity index is 2.40. The first-order valence-electron chi connectivity index (χ1n) is 6.60. The number of nitrogens with zero attached hydrogens (tertiary/aromatic N) is 3. The van der Waals surface area contributed by atoms with Crippen molar-refractivity contribution in [2.24, 2.45) is 0 Å². The minimum Gasteiger partial charge on any atom is -0.382 e. The minimum atomic E-state index is -3.11. The molecule has 2 rings (SSSR count). The number of sulfone groups is 1. The van der Waals surface area contributed by atoms with Crippen molar-refractivity contribution < 1.29 is 8.42 Å². The number of anilines is 2. The third-order valence-electron chi connectivity index (χ3n) is 4.15. The molecule has 1 saturated heterocycles. The maximum atomic E-state index is 12.4. The highest BCUT2D eigenvalue weighted by atomic mass is 35.5. The zero-order chi connectivity index (χ0) is 15.0. The van der Waals surface area contributed by atoms with E-state index in [9.17, 15) is 8.42 Å². The molecule has 0 saturated carbocycles. The monoisotopic (exact) mass is 318 g/mol. The summed E-state index contributed by atoms with van der Waals surface area (Å²) in [5.74, 6) is 0.832. The Morgan fingerprint density at radius 3 is 2.65 bits per heavy atom. The van der Waals surface area contributed by atoms with Crippen molar-refractivity contribution >= 4 is 33.1 Å². The van der Waals surface area contributed by atoms with E-state index < -0.39 is 14.6 Å². The summed E-state index contributed by atoms with van der Waals surface area (Å²) in [7, 11) is -3.11. The number of nitrogen functional groups attached to an aromatic ring is 1. The van der Waals surface area contributed by atoms with Crippen molar-refractivity contribution in [3.63, 3.8) is 0 Å². The molecule has 8 heteroatoms. The second-order valence-corrected chi connectivity index (χ2v) is 7.91. The quantitative estimate of drug-likeness (QED) is 0.908. The van der Waals surface area contributed by atoms with Gasteiger partial charge < -0.3 is 10.6 Å². The smallest absolute Gasteiger partial charge is 0.159 e. The van der Waals surface area contributed by atoms with E-state index in [0.29, 0.717) is 31.7 Å². The lowest BCUT2D eigenvalue weighted by atomic mass is 10.0. The molecule has 0 aromatic carbocycles.